The fourth-order valence-corrected chi connectivity index (χ4v) is 7.92. The third kappa shape index (κ3) is 9.70. The lowest BCUT2D eigenvalue weighted by Crippen LogP contribution is -2.06. The zero-order valence-electron chi connectivity index (χ0n) is 29.2. The topological polar surface area (TPSA) is 74.3 Å². The molecular formula is C38H40Cl4N4O3S2. The first kappa shape index (κ1) is 39.2. The van der Waals surface area contributed by atoms with Gasteiger partial charge in [-0.1, -0.05) is 72.4 Å². The minimum absolute atomic E-state index is 0.0641. The summed E-state index contributed by atoms with van der Waals surface area (Å²) in [5, 5.41) is 26.4. The molecule has 6 rings (SSSR count). The van der Waals surface area contributed by atoms with Crippen molar-refractivity contribution in [3.8, 4) is 23.3 Å². The molecule has 0 aliphatic heterocycles. The van der Waals surface area contributed by atoms with E-state index in [-0.39, 0.29) is 12.1 Å². The second-order valence-corrected chi connectivity index (χ2v) is 16.0. The van der Waals surface area contributed by atoms with Gasteiger partial charge < -0.3 is 14.6 Å². The van der Waals surface area contributed by atoms with E-state index in [1.807, 2.05) is 43.0 Å². The van der Waals surface area contributed by atoms with Crippen LogP contribution in [0.4, 0.5) is 0 Å². The second kappa shape index (κ2) is 17.7. The smallest absolute Gasteiger partial charge is 0.221 e. The predicted octanol–water partition coefficient (Wildman–Crippen LogP) is 13.0. The Morgan fingerprint density at radius 2 is 1.18 bits per heavy atom. The Hall–Kier alpha value is -3.02. The van der Waals surface area contributed by atoms with E-state index in [1.165, 1.54) is 16.2 Å². The highest BCUT2D eigenvalue weighted by atomic mass is 35.5. The van der Waals surface area contributed by atoms with Gasteiger partial charge in [-0.3, -0.25) is 0 Å². The van der Waals surface area contributed by atoms with E-state index >= 15 is 0 Å². The van der Waals surface area contributed by atoms with Gasteiger partial charge in [0.25, 0.3) is 0 Å². The monoisotopic (exact) mass is 804 g/mol. The summed E-state index contributed by atoms with van der Waals surface area (Å²) in [4.78, 5) is 2.14. The van der Waals surface area contributed by atoms with Crippen molar-refractivity contribution >= 4 is 69.1 Å². The minimum atomic E-state index is -0.782. The molecule has 0 spiro atoms. The Bertz CT molecular complexity index is 2000. The molecule has 1 unspecified atom stereocenters. The molecule has 0 amide bonds. The molecule has 2 aromatic carbocycles. The molecule has 13 heteroatoms. The first-order valence-electron chi connectivity index (χ1n) is 16.6. The van der Waals surface area contributed by atoms with Crippen molar-refractivity contribution in [2.24, 2.45) is 0 Å². The lowest BCUT2D eigenvalue weighted by atomic mass is 10.1. The minimum Gasteiger partial charge on any atom is -0.439 e. The molecule has 6 aromatic rings. The molecular weight excluding hydrogens is 766 g/mol. The average Bonchev–Trinajstić information content (AvgIpc) is 3.88. The molecule has 270 valence electrons. The average molecular weight is 807 g/mol. The van der Waals surface area contributed by atoms with Gasteiger partial charge in [0.2, 0.25) is 11.8 Å². The molecule has 51 heavy (non-hydrogen) atoms. The normalized spacial score (nSPS) is 11.9. The zero-order valence-corrected chi connectivity index (χ0v) is 33.8. The largest absolute Gasteiger partial charge is 0.439 e. The summed E-state index contributed by atoms with van der Waals surface area (Å²) >= 11 is 27.6. The maximum absolute atomic E-state index is 10.8. The number of benzene rings is 2. The van der Waals surface area contributed by atoms with Crippen LogP contribution in [0, 0.1) is 0 Å². The highest BCUT2D eigenvalue weighted by molar-refractivity contribution is 7.10. The number of aromatic nitrogens is 4. The van der Waals surface area contributed by atoms with Gasteiger partial charge in [0, 0.05) is 47.4 Å². The SMILES string of the molecule is CCc1c(C(O)c2cccs2)nn(C(C)C)c1Oc1cc(Cl)cc(Cl)c1.CCc1c(Cc2cccs2)nn(C(C)C)c1Oc1cc(Cl)cc(Cl)c1. The summed E-state index contributed by atoms with van der Waals surface area (Å²) < 4.78 is 16.0. The number of aliphatic hydroxyl groups is 1. The lowest BCUT2D eigenvalue weighted by Gasteiger charge is -2.13. The van der Waals surface area contributed by atoms with Gasteiger partial charge in [0.05, 0.1) is 17.8 Å². The first-order chi connectivity index (χ1) is 24.4. The van der Waals surface area contributed by atoms with Crippen molar-refractivity contribution in [2.45, 2.75) is 79.0 Å². The fourth-order valence-electron chi connectivity index (χ4n) is 5.49. The van der Waals surface area contributed by atoms with Crippen molar-refractivity contribution in [3.63, 3.8) is 0 Å². The van der Waals surface area contributed by atoms with Crippen LogP contribution in [0.3, 0.4) is 0 Å². The third-order valence-corrected chi connectivity index (χ3v) is 10.5. The van der Waals surface area contributed by atoms with Crippen LogP contribution in [0.1, 0.15) is 92.0 Å². The Morgan fingerprint density at radius 3 is 1.63 bits per heavy atom. The summed E-state index contributed by atoms with van der Waals surface area (Å²) in [6.45, 7) is 12.4. The summed E-state index contributed by atoms with van der Waals surface area (Å²) in [6.07, 6.45) is 1.55. The predicted molar refractivity (Wildman–Crippen MR) is 213 cm³/mol. The maximum atomic E-state index is 10.8. The molecule has 0 aliphatic rings. The van der Waals surface area contributed by atoms with Crippen LogP contribution < -0.4 is 9.47 Å². The van der Waals surface area contributed by atoms with E-state index in [2.05, 4.69) is 43.4 Å². The molecule has 7 nitrogen and oxygen atoms in total. The number of thiophene rings is 2. The van der Waals surface area contributed by atoms with Crippen LogP contribution in [0.2, 0.25) is 20.1 Å². The van der Waals surface area contributed by atoms with E-state index in [4.69, 9.17) is 61.0 Å². The number of ether oxygens (including phenoxy) is 2. The lowest BCUT2D eigenvalue weighted by molar-refractivity contribution is 0.216. The van der Waals surface area contributed by atoms with Crippen molar-refractivity contribution < 1.29 is 14.6 Å². The van der Waals surface area contributed by atoms with Crippen LogP contribution in [0.5, 0.6) is 23.3 Å². The zero-order chi connectivity index (χ0) is 36.8. The molecule has 1 atom stereocenters. The highest BCUT2D eigenvalue weighted by Gasteiger charge is 2.27. The Labute approximate surface area is 327 Å². The molecule has 4 aromatic heterocycles. The summed E-state index contributed by atoms with van der Waals surface area (Å²) in [7, 11) is 0. The number of halogens is 4. The van der Waals surface area contributed by atoms with Crippen molar-refractivity contribution in [1.29, 1.82) is 0 Å². The van der Waals surface area contributed by atoms with E-state index in [1.54, 1.807) is 52.4 Å². The van der Waals surface area contributed by atoms with Crippen LogP contribution in [0.15, 0.2) is 71.4 Å². The van der Waals surface area contributed by atoms with E-state index in [0.717, 1.165) is 40.4 Å². The highest BCUT2D eigenvalue weighted by Crippen LogP contribution is 2.38. The molecule has 4 heterocycles. The maximum Gasteiger partial charge on any atom is 0.221 e. The van der Waals surface area contributed by atoms with Gasteiger partial charge in [-0.15, -0.1) is 22.7 Å². The Kier molecular flexibility index (Phi) is 13.6. The van der Waals surface area contributed by atoms with Gasteiger partial charge in [0.15, 0.2) is 0 Å². The Morgan fingerprint density at radius 1 is 0.686 bits per heavy atom. The van der Waals surface area contributed by atoms with Crippen molar-refractivity contribution in [2.75, 3.05) is 0 Å². The molecule has 0 radical (unpaired) electrons. The van der Waals surface area contributed by atoms with Gasteiger partial charge in [-0.2, -0.15) is 10.2 Å². The van der Waals surface area contributed by atoms with Crippen molar-refractivity contribution in [3.05, 3.63) is 124 Å². The quantitative estimate of drug-likeness (QED) is 0.133. The number of hydrogen-bond donors (Lipinski definition) is 1. The first-order valence-corrected chi connectivity index (χ1v) is 19.9. The summed E-state index contributed by atoms with van der Waals surface area (Å²) in [5.41, 5.74) is 3.67. The van der Waals surface area contributed by atoms with E-state index in [0.29, 0.717) is 49.6 Å². The molecule has 0 bridgehead atoms. The molecule has 0 saturated carbocycles. The number of hydrogen-bond acceptors (Lipinski definition) is 7. The third-order valence-electron chi connectivity index (χ3n) is 7.81. The molecule has 0 saturated heterocycles. The van der Waals surface area contributed by atoms with E-state index in [9.17, 15) is 5.11 Å². The standard InChI is InChI=1S/C19H20Cl2N2O2S.C19H20Cl2N2OS/c1-4-15-17(18(24)16-6-5-7-26-16)22-23(11(2)3)19(15)25-14-9-12(20)8-13(21)10-14;1-4-17-18(11-16-6-5-7-25-16)22-23(12(2)3)19(17)24-15-9-13(20)8-14(21)10-15/h5-11,18,24H,4H2,1-3H3;5-10,12H,4,11H2,1-3H3. The molecule has 0 aliphatic carbocycles. The van der Waals surface area contributed by atoms with Crippen LogP contribution >= 0.6 is 69.1 Å². The van der Waals surface area contributed by atoms with Gasteiger partial charge in [0.1, 0.15) is 23.3 Å². The number of nitrogens with zero attached hydrogens (tertiary/aromatic N) is 4. The van der Waals surface area contributed by atoms with Gasteiger partial charge >= 0.3 is 0 Å². The van der Waals surface area contributed by atoms with Crippen LogP contribution in [-0.4, -0.2) is 24.7 Å². The van der Waals surface area contributed by atoms with Crippen LogP contribution in [0.25, 0.3) is 0 Å². The van der Waals surface area contributed by atoms with Gasteiger partial charge in [-0.25, -0.2) is 9.36 Å². The summed E-state index contributed by atoms with van der Waals surface area (Å²) in [5.74, 6) is 2.53. The van der Waals surface area contributed by atoms with E-state index < -0.39 is 6.10 Å². The van der Waals surface area contributed by atoms with Crippen molar-refractivity contribution in [1.82, 2.24) is 19.6 Å². The molecule has 0 fully saturated rings. The number of rotatable bonds is 12. The Balaban J connectivity index is 0.000000198. The fraction of sp³-hybridized carbons (Fsp3) is 0.316. The number of aliphatic hydroxyl groups excluding tert-OH is 1. The second-order valence-electron chi connectivity index (χ2n) is 12.3. The van der Waals surface area contributed by atoms with Gasteiger partial charge in [-0.05, 0) is 99.8 Å². The molecule has 1 N–H and O–H groups in total. The van der Waals surface area contributed by atoms with Crippen LogP contribution in [-0.2, 0) is 19.3 Å². The summed E-state index contributed by atoms with van der Waals surface area (Å²) in [6, 6.07) is 18.6.